The maximum atomic E-state index is 12.1. The normalized spacial score (nSPS) is 46.3. The average Bonchev–Trinajstić information content (AvgIpc) is 3.06. The van der Waals surface area contributed by atoms with E-state index in [1.807, 2.05) is 0 Å². The molecular weight excluding hydrogens is 358 g/mol. The fourth-order valence-corrected chi connectivity index (χ4v) is 8.43. The zero-order chi connectivity index (χ0) is 20.4. The van der Waals surface area contributed by atoms with Gasteiger partial charge in [-0.05, 0) is 96.6 Å². The number of hydrogen-bond acceptors (Lipinski definition) is 2. The van der Waals surface area contributed by atoms with Crippen molar-refractivity contribution in [2.24, 2.45) is 34.5 Å². The first-order valence-corrected chi connectivity index (χ1v) is 11.8. The summed E-state index contributed by atoms with van der Waals surface area (Å²) in [6, 6.07) is 9.28. The lowest BCUT2D eigenvalue weighted by molar-refractivity contribution is -0.142. The van der Waals surface area contributed by atoms with Crippen LogP contribution in [0.4, 0.5) is 0 Å². The minimum atomic E-state index is 0.277. The lowest BCUT2D eigenvalue weighted by atomic mass is 9.44. The van der Waals surface area contributed by atoms with E-state index in [0.29, 0.717) is 28.7 Å². The number of methoxy groups -OCH3 is 1. The first kappa shape index (κ1) is 19.5. The van der Waals surface area contributed by atoms with Gasteiger partial charge in [-0.25, -0.2) is 0 Å². The van der Waals surface area contributed by atoms with E-state index in [4.69, 9.17) is 4.74 Å². The summed E-state index contributed by atoms with van der Waals surface area (Å²) in [4.78, 5) is 12.1. The van der Waals surface area contributed by atoms with Crippen LogP contribution >= 0.6 is 0 Å². The molecule has 3 unspecified atom stereocenters. The molecule has 3 nitrogen and oxygen atoms in total. The fourth-order valence-electron chi connectivity index (χ4n) is 8.43. The summed E-state index contributed by atoms with van der Waals surface area (Å²) >= 11 is 0. The predicted molar refractivity (Wildman–Crippen MR) is 116 cm³/mol. The van der Waals surface area contributed by atoms with E-state index < -0.39 is 0 Å². The minimum absolute atomic E-state index is 0.277. The number of piperidine rings is 1. The third-order valence-corrected chi connectivity index (χ3v) is 9.98. The molecule has 4 aliphatic rings. The standard InChI is InChI=1S/C26H37NO2/c1-16-15-22-26(3,14-12-23(28)27-22)21-11-13-25(2)19(9-10-20(25)24(16)21)17-5-7-18(29-4)8-6-17/h5-8,16,19-22,24H,9-15H2,1-4H3,(H,27,28)/t16?,19?,20-,21+,22?,24-,25+,26+/m0/s1. The van der Waals surface area contributed by atoms with Gasteiger partial charge in [0.05, 0.1) is 7.11 Å². The van der Waals surface area contributed by atoms with Gasteiger partial charge in [0.15, 0.2) is 0 Å². The van der Waals surface area contributed by atoms with Crippen molar-refractivity contribution in [1.82, 2.24) is 5.32 Å². The molecule has 0 bridgehead atoms. The van der Waals surface area contributed by atoms with Crippen LogP contribution in [0.1, 0.15) is 77.2 Å². The van der Waals surface area contributed by atoms with Gasteiger partial charge in [0.25, 0.3) is 0 Å². The molecule has 0 aromatic heterocycles. The van der Waals surface area contributed by atoms with Crippen molar-refractivity contribution in [3.63, 3.8) is 0 Å². The molecule has 1 amide bonds. The van der Waals surface area contributed by atoms with Gasteiger partial charge in [-0.1, -0.05) is 32.9 Å². The Hall–Kier alpha value is -1.51. The second-order valence-electron chi connectivity index (χ2n) is 11.1. The van der Waals surface area contributed by atoms with E-state index >= 15 is 0 Å². The molecule has 5 rings (SSSR count). The zero-order valence-corrected chi connectivity index (χ0v) is 18.5. The van der Waals surface area contributed by atoms with Crippen molar-refractivity contribution in [3.8, 4) is 5.75 Å². The van der Waals surface area contributed by atoms with Crippen LogP contribution in [0.15, 0.2) is 24.3 Å². The maximum absolute atomic E-state index is 12.1. The average molecular weight is 396 g/mol. The summed E-state index contributed by atoms with van der Waals surface area (Å²) in [5.41, 5.74) is 2.21. The second-order valence-corrected chi connectivity index (χ2v) is 11.1. The summed E-state index contributed by atoms with van der Waals surface area (Å²) in [6.07, 6.45) is 8.33. The van der Waals surface area contributed by atoms with Gasteiger partial charge in [0, 0.05) is 12.5 Å². The van der Waals surface area contributed by atoms with Gasteiger partial charge in [0.1, 0.15) is 5.75 Å². The molecule has 158 valence electrons. The number of carbonyl (C=O) groups excluding carboxylic acids is 1. The summed E-state index contributed by atoms with van der Waals surface area (Å²) in [5, 5.41) is 3.39. The molecule has 1 aromatic carbocycles. The number of nitrogens with one attached hydrogen (secondary N) is 1. The maximum Gasteiger partial charge on any atom is 0.220 e. The molecule has 3 heteroatoms. The molecule has 4 fully saturated rings. The molecule has 3 saturated carbocycles. The van der Waals surface area contributed by atoms with Gasteiger partial charge in [-0.15, -0.1) is 0 Å². The van der Waals surface area contributed by atoms with Crippen LogP contribution in [0.5, 0.6) is 5.75 Å². The van der Waals surface area contributed by atoms with Crippen LogP contribution in [-0.4, -0.2) is 19.1 Å². The molecule has 1 N–H and O–H groups in total. The summed E-state index contributed by atoms with van der Waals surface area (Å²) in [5.74, 6) is 5.01. The summed E-state index contributed by atoms with van der Waals surface area (Å²) in [6.45, 7) is 7.57. The van der Waals surface area contributed by atoms with E-state index in [1.165, 1.54) is 37.7 Å². The van der Waals surface area contributed by atoms with Crippen LogP contribution in [-0.2, 0) is 4.79 Å². The van der Waals surface area contributed by atoms with Gasteiger partial charge in [-0.2, -0.15) is 0 Å². The molecule has 1 saturated heterocycles. The SMILES string of the molecule is COc1ccc(C2CC[C@H]3[C@@H]4C(C)CC5NC(=O)CC[C@]5(C)[C@@H]4CC[C@]23C)cc1. The van der Waals surface area contributed by atoms with Crippen molar-refractivity contribution in [1.29, 1.82) is 0 Å². The smallest absolute Gasteiger partial charge is 0.220 e. The van der Waals surface area contributed by atoms with E-state index in [2.05, 4.69) is 50.4 Å². The lowest BCUT2D eigenvalue weighted by Gasteiger charge is -2.62. The number of carbonyl (C=O) groups is 1. The van der Waals surface area contributed by atoms with Gasteiger partial charge in [0.2, 0.25) is 5.91 Å². The van der Waals surface area contributed by atoms with Crippen molar-refractivity contribution in [2.45, 2.75) is 77.7 Å². The second kappa shape index (κ2) is 6.75. The molecule has 1 aliphatic heterocycles. The molecule has 0 spiro atoms. The Kier molecular flexibility index (Phi) is 4.53. The largest absolute Gasteiger partial charge is 0.497 e. The minimum Gasteiger partial charge on any atom is -0.497 e. The molecule has 1 heterocycles. The van der Waals surface area contributed by atoms with E-state index in [1.54, 1.807) is 7.11 Å². The van der Waals surface area contributed by atoms with Crippen molar-refractivity contribution < 1.29 is 9.53 Å². The van der Waals surface area contributed by atoms with Crippen molar-refractivity contribution in [2.75, 3.05) is 7.11 Å². The molecular formula is C26H37NO2. The van der Waals surface area contributed by atoms with Gasteiger partial charge < -0.3 is 10.1 Å². The molecule has 3 aliphatic carbocycles. The number of hydrogen-bond donors (Lipinski definition) is 1. The highest BCUT2D eigenvalue weighted by molar-refractivity contribution is 5.77. The van der Waals surface area contributed by atoms with Crippen molar-refractivity contribution >= 4 is 5.91 Å². The number of fused-ring (bicyclic) bond motifs is 5. The molecule has 29 heavy (non-hydrogen) atoms. The van der Waals surface area contributed by atoms with Gasteiger partial charge in [-0.3, -0.25) is 4.79 Å². The number of benzene rings is 1. The fraction of sp³-hybridized carbons (Fsp3) is 0.731. The van der Waals surface area contributed by atoms with Crippen molar-refractivity contribution in [3.05, 3.63) is 29.8 Å². The van der Waals surface area contributed by atoms with Gasteiger partial charge >= 0.3 is 0 Å². The number of amides is 1. The molecule has 1 aromatic rings. The Balaban J connectivity index is 1.45. The highest BCUT2D eigenvalue weighted by Gasteiger charge is 2.62. The van der Waals surface area contributed by atoms with Crippen LogP contribution in [0, 0.1) is 34.5 Å². The quantitative estimate of drug-likeness (QED) is 0.713. The van der Waals surface area contributed by atoms with E-state index in [0.717, 1.165) is 36.3 Å². The third kappa shape index (κ3) is 2.79. The Morgan fingerprint density at radius 1 is 1.00 bits per heavy atom. The lowest BCUT2D eigenvalue weighted by Crippen LogP contribution is -2.62. The van der Waals surface area contributed by atoms with E-state index in [-0.39, 0.29) is 5.91 Å². The third-order valence-electron chi connectivity index (χ3n) is 9.98. The first-order chi connectivity index (χ1) is 13.9. The Bertz CT molecular complexity index is 788. The van der Waals surface area contributed by atoms with Crippen LogP contribution in [0.2, 0.25) is 0 Å². The van der Waals surface area contributed by atoms with Crippen LogP contribution < -0.4 is 10.1 Å². The predicted octanol–water partition coefficient (Wildman–Crippen LogP) is 5.55. The van der Waals surface area contributed by atoms with E-state index in [9.17, 15) is 4.79 Å². The highest BCUT2D eigenvalue weighted by atomic mass is 16.5. The Morgan fingerprint density at radius 2 is 1.72 bits per heavy atom. The molecule has 8 atom stereocenters. The summed E-state index contributed by atoms with van der Waals surface area (Å²) in [7, 11) is 1.75. The monoisotopic (exact) mass is 395 g/mol. The summed E-state index contributed by atoms with van der Waals surface area (Å²) < 4.78 is 5.39. The number of rotatable bonds is 2. The number of ether oxygens (including phenoxy) is 1. The first-order valence-electron chi connectivity index (χ1n) is 11.8. The zero-order valence-electron chi connectivity index (χ0n) is 18.5. The Labute approximate surface area is 176 Å². The topological polar surface area (TPSA) is 38.3 Å². The molecule has 0 radical (unpaired) electrons. The van der Waals surface area contributed by atoms with Crippen LogP contribution in [0.3, 0.4) is 0 Å². The Morgan fingerprint density at radius 3 is 2.45 bits per heavy atom. The van der Waals surface area contributed by atoms with Crippen LogP contribution in [0.25, 0.3) is 0 Å². The highest BCUT2D eigenvalue weighted by Crippen LogP contribution is 2.68.